The minimum atomic E-state index is -0.317. The van der Waals surface area contributed by atoms with Crippen molar-refractivity contribution in [3.05, 3.63) is 0 Å². The van der Waals surface area contributed by atoms with Gasteiger partial charge >= 0.3 is 0 Å². The molecule has 0 aromatic rings. The summed E-state index contributed by atoms with van der Waals surface area (Å²) in [6, 6.07) is 3.13. The number of rotatable bonds is 13. The molecule has 0 fully saturated rings. The van der Waals surface area contributed by atoms with Crippen LogP contribution in [0.4, 0.5) is 0 Å². The summed E-state index contributed by atoms with van der Waals surface area (Å²) in [6.07, 6.45) is 7.91. The van der Waals surface area contributed by atoms with E-state index in [0.29, 0.717) is 6.04 Å². The molecule has 0 radical (unpaired) electrons. The van der Waals surface area contributed by atoms with E-state index in [4.69, 9.17) is 0 Å². The van der Waals surface area contributed by atoms with E-state index in [1.165, 1.54) is 25.8 Å². The fourth-order valence-electron chi connectivity index (χ4n) is 2.71. The van der Waals surface area contributed by atoms with Crippen LogP contribution in [0.1, 0.15) is 79.6 Å². The third-order valence-corrected chi connectivity index (χ3v) is 4.36. The first-order chi connectivity index (χ1) is 10.0. The molecule has 21 heavy (non-hydrogen) atoms. The lowest BCUT2D eigenvalue weighted by molar-refractivity contribution is 0.204. The zero-order valence-corrected chi connectivity index (χ0v) is 15.0. The van der Waals surface area contributed by atoms with Crippen molar-refractivity contribution in [3.63, 3.8) is 0 Å². The average Bonchev–Trinajstić information content (AvgIpc) is 2.49. The van der Waals surface area contributed by atoms with Gasteiger partial charge in [0, 0.05) is 6.04 Å². The highest BCUT2D eigenvalue weighted by Gasteiger charge is 2.26. The molecule has 0 bridgehead atoms. The van der Waals surface area contributed by atoms with Crippen LogP contribution in [0.15, 0.2) is 0 Å². The molecule has 0 spiro atoms. The van der Waals surface area contributed by atoms with Crippen LogP contribution < -0.4 is 5.32 Å². The van der Waals surface area contributed by atoms with Gasteiger partial charge in [0.2, 0.25) is 0 Å². The van der Waals surface area contributed by atoms with Gasteiger partial charge in [-0.2, -0.15) is 5.26 Å². The molecule has 3 nitrogen and oxygen atoms in total. The predicted octanol–water partition coefficient (Wildman–Crippen LogP) is 4.34. The van der Waals surface area contributed by atoms with E-state index in [-0.39, 0.29) is 5.54 Å². The van der Waals surface area contributed by atoms with E-state index in [2.05, 4.69) is 50.9 Å². The Morgan fingerprint density at radius 2 is 1.71 bits per heavy atom. The number of hydrogen-bond acceptors (Lipinski definition) is 3. The SMILES string of the molecule is CCCCCN(CCCC(C#N)(CC)NCCC)C(C)C. The molecular formula is C18H37N3. The summed E-state index contributed by atoms with van der Waals surface area (Å²) in [5.41, 5.74) is -0.317. The molecule has 3 heteroatoms. The normalized spacial score (nSPS) is 14.4. The quantitative estimate of drug-likeness (QED) is 0.514. The van der Waals surface area contributed by atoms with Crippen LogP contribution in [0.25, 0.3) is 0 Å². The highest BCUT2D eigenvalue weighted by Crippen LogP contribution is 2.18. The fraction of sp³-hybridized carbons (Fsp3) is 0.944. The summed E-state index contributed by atoms with van der Waals surface area (Å²) in [5, 5.41) is 13.0. The third kappa shape index (κ3) is 8.44. The molecule has 0 rings (SSSR count). The Hall–Kier alpha value is -0.590. The minimum absolute atomic E-state index is 0.317. The van der Waals surface area contributed by atoms with E-state index < -0.39 is 0 Å². The Balaban J connectivity index is 4.28. The van der Waals surface area contributed by atoms with Gasteiger partial charge in [-0.1, -0.05) is 33.6 Å². The first-order valence-electron chi connectivity index (χ1n) is 8.95. The van der Waals surface area contributed by atoms with E-state index in [1.54, 1.807) is 0 Å². The highest BCUT2D eigenvalue weighted by atomic mass is 15.1. The van der Waals surface area contributed by atoms with Gasteiger partial charge in [0.1, 0.15) is 5.54 Å². The topological polar surface area (TPSA) is 39.1 Å². The van der Waals surface area contributed by atoms with Crippen molar-refractivity contribution >= 4 is 0 Å². The smallest absolute Gasteiger partial charge is 0.106 e. The first kappa shape index (κ1) is 20.4. The molecule has 0 aliphatic heterocycles. The molecule has 0 aliphatic rings. The Bertz CT molecular complexity index is 283. The van der Waals surface area contributed by atoms with Gasteiger partial charge in [-0.15, -0.1) is 0 Å². The van der Waals surface area contributed by atoms with Crippen LogP contribution in [0.3, 0.4) is 0 Å². The van der Waals surface area contributed by atoms with Gasteiger partial charge in [0.05, 0.1) is 6.07 Å². The first-order valence-corrected chi connectivity index (χ1v) is 8.95. The molecule has 1 unspecified atom stereocenters. The predicted molar refractivity (Wildman–Crippen MR) is 92.4 cm³/mol. The molecule has 0 amide bonds. The van der Waals surface area contributed by atoms with Gasteiger partial charge < -0.3 is 4.90 Å². The number of nitriles is 1. The maximum atomic E-state index is 9.52. The third-order valence-electron chi connectivity index (χ3n) is 4.36. The fourth-order valence-corrected chi connectivity index (χ4v) is 2.71. The second-order valence-corrected chi connectivity index (χ2v) is 6.41. The molecular weight excluding hydrogens is 258 g/mol. The van der Waals surface area contributed by atoms with E-state index in [0.717, 1.165) is 38.8 Å². The molecule has 0 aromatic heterocycles. The summed E-state index contributed by atoms with van der Waals surface area (Å²) < 4.78 is 0. The number of nitrogens with one attached hydrogen (secondary N) is 1. The second kappa shape index (κ2) is 12.0. The standard InChI is InChI=1S/C18H37N3/c1-6-9-10-14-21(17(4)5)15-11-12-18(8-3,16-19)20-13-7-2/h17,20H,6-15H2,1-5H3. The number of hydrogen-bond donors (Lipinski definition) is 1. The molecule has 0 saturated carbocycles. The second-order valence-electron chi connectivity index (χ2n) is 6.41. The Labute approximate surface area is 133 Å². The van der Waals surface area contributed by atoms with Crippen LogP contribution in [0, 0.1) is 11.3 Å². The van der Waals surface area contributed by atoms with Gasteiger partial charge in [-0.25, -0.2) is 0 Å². The van der Waals surface area contributed by atoms with Gasteiger partial charge in [-0.3, -0.25) is 5.32 Å². The summed E-state index contributed by atoms with van der Waals surface area (Å²) in [5.74, 6) is 0. The minimum Gasteiger partial charge on any atom is -0.301 e. The van der Waals surface area contributed by atoms with Gasteiger partial charge in [-0.05, 0) is 65.6 Å². The van der Waals surface area contributed by atoms with Crippen LogP contribution in [0.5, 0.6) is 0 Å². The highest BCUT2D eigenvalue weighted by molar-refractivity contribution is 5.06. The molecule has 0 saturated heterocycles. The number of unbranched alkanes of at least 4 members (excludes halogenated alkanes) is 2. The number of nitrogens with zero attached hydrogens (tertiary/aromatic N) is 2. The van der Waals surface area contributed by atoms with Crippen molar-refractivity contribution < 1.29 is 0 Å². The molecule has 1 atom stereocenters. The largest absolute Gasteiger partial charge is 0.301 e. The molecule has 1 N–H and O–H groups in total. The van der Waals surface area contributed by atoms with Gasteiger partial charge in [0.15, 0.2) is 0 Å². The van der Waals surface area contributed by atoms with E-state index >= 15 is 0 Å². The lowest BCUT2D eigenvalue weighted by atomic mass is 9.91. The van der Waals surface area contributed by atoms with Crippen LogP contribution in [-0.4, -0.2) is 36.1 Å². The van der Waals surface area contributed by atoms with Gasteiger partial charge in [0.25, 0.3) is 0 Å². The Morgan fingerprint density at radius 3 is 2.19 bits per heavy atom. The van der Waals surface area contributed by atoms with E-state index in [1.807, 2.05) is 0 Å². The van der Waals surface area contributed by atoms with Crippen molar-refractivity contribution in [1.29, 1.82) is 5.26 Å². The maximum absolute atomic E-state index is 9.52. The summed E-state index contributed by atoms with van der Waals surface area (Å²) in [7, 11) is 0. The Kier molecular flexibility index (Phi) is 11.7. The zero-order chi connectivity index (χ0) is 16.1. The van der Waals surface area contributed by atoms with Crippen LogP contribution in [-0.2, 0) is 0 Å². The monoisotopic (exact) mass is 295 g/mol. The molecule has 124 valence electrons. The average molecular weight is 296 g/mol. The lowest BCUT2D eigenvalue weighted by Crippen LogP contribution is -2.44. The maximum Gasteiger partial charge on any atom is 0.106 e. The van der Waals surface area contributed by atoms with Crippen molar-refractivity contribution in [2.75, 3.05) is 19.6 Å². The summed E-state index contributed by atoms with van der Waals surface area (Å²) >= 11 is 0. The van der Waals surface area contributed by atoms with Crippen LogP contribution in [0.2, 0.25) is 0 Å². The van der Waals surface area contributed by atoms with Crippen molar-refractivity contribution in [1.82, 2.24) is 10.2 Å². The van der Waals surface area contributed by atoms with Crippen molar-refractivity contribution in [2.24, 2.45) is 0 Å². The van der Waals surface area contributed by atoms with Crippen molar-refractivity contribution in [3.8, 4) is 6.07 Å². The van der Waals surface area contributed by atoms with Crippen LogP contribution >= 0.6 is 0 Å². The summed E-state index contributed by atoms with van der Waals surface area (Å²) in [4.78, 5) is 2.56. The lowest BCUT2D eigenvalue weighted by Gasteiger charge is -2.30. The zero-order valence-electron chi connectivity index (χ0n) is 15.0. The van der Waals surface area contributed by atoms with E-state index in [9.17, 15) is 5.26 Å². The molecule has 0 aromatic carbocycles. The summed E-state index contributed by atoms with van der Waals surface area (Å²) in [6.45, 7) is 14.3. The molecule has 0 heterocycles. The Morgan fingerprint density at radius 1 is 1.05 bits per heavy atom. The molecule has 0 aliphatic carbocycles. The van der Waals surface area contributed by atoms with Crippen molar-refractivity contribution in [2.45, 2.75) is 91.1 Å².